The number of likely N-dealkylation sites (N-methyl/N-ethyl adjacent to an activating group) is 1. The number of pyridine rings is 1. The van der Waals surface area contributed by atoms with E-state index < -0.39 is 90.0 Å². The lowest BCUT2D eigenvalue weighted by atomic mass is 9.73. The topological polar surface area (TPSA) is 192 Å². The molecule has 1 amide bonds. The van der Waals surface area contributed by atoms with E-state index in [0.29, 0.717) is 25.8 Å². The molecular weight excluding hydrogens is 762 g/mol. The number of Topliss-reactive ketones (excluding diaryl/α,β-unsaturated/α-hetero) is 2. The Balaban J connectivity index is 1.45. The van der Waals surface area contributed by atoms with Crippen molar-refractivity contribution in [2.75, 3.05) is 34.4 Å². The van der Waals surface area contributed by atoms with Gasteiger partial charge in [0.1, 0.15) is 23.9 Å². The zero-order valence-corrected chi connectivity index (χ0v) is 36.3. The molecule has 2 aromatic rings. The van der Waals surface area contributed by atoms with E-state index >= 15 is 0 Å². The molecule has 3 fully saturated rings. The molecule has 0 radical (unpaired) electrons. The minimum absolute atomic E-state index is 0.0908. The van der Waals surface area contributed by atoms with Gasteiger partial charge in [-0.25, -0.2) is 9.78 Å². The van der Waals surface area contributed by atoms with Crippen LogP contribution in [0.25, 0.3) is 11.3 Å². The number of fused-ring (bicyclic) bond motifs is 1. The highest BCUT2D eigenvalue weighted by atomic mass is 16.7. The quantitative estimate of drug-likeness (QED) is 0.178. The van der Waals surface area contributed by atoms with Crippen molar-refractivity contribution in [3.8, 4) is 11.3 Å². The first-order valence-electron chi connectivity index (χ1n) is 20.9. The molecule has 0 spiro atoms. The summed E-state index contributed by atoms with van der Waals surface area (Å²) in [5.74, 6) is -5.43. The lowest BCUT2D eigenvalue weighted by molar-refractivity contribution is -0.295. The number of aliphatic hydroxyl groups excluding tert-OH is 2. The Morgan fingerprint density at radius 3 is 2.37 bits per heavy atom. The second kappa shape index (κ2) is 19.3. The molecule has 0 bridgehead atoms. The number of imidazole rings is 1. The van der Waals surface area contributed by atoms with E-state index in [-0.39, 0.29) is 37.3 Å². The molecule has 0 aromatic carbocycles. The largest absolute Gasteiger partial charge is 0.457 e. The molecule has 2 aromatic heterocycles. The summed E-state index contributed by atoms with van der Waals surface area (Å²) >= 11 is 0. The number of unbranched alkanes of at least 4 members (excludes halogenated alkanes) is 1. The van der Waals surface area contributed by atoms with Crippen LogP contribution in [0.3, 0.4) is 0 Å². The first-order valence-corrected chi connectivity index (χ1v) is 20.9. The number of cyclic esters (lactones) is 1. The number of methoxy groups -OCH3 is 1. The number of ketones is 2. The second-order valence-corrected chi connectivity index (χ2v) is 17.4. The van der Waals surface area contributed by atoms with Crippen molar-refractivity contribution in [3.05, 3.63) is 37.1 Å². The maximum Gasteiger partial charge on any atom is 0.410 e. The lowest BCUT2D eigenvalue weighted by Gasteiger charge is -2.47. The number of aliphatic hydroxyl groups is 2. The van der Waals surface area contributed by atoms with Crippen LogP contribution in [-0.2, 0) is 44.6 Å². The van der Waals surface area contributed by atoms with Gasteiger partial charge in [0.25, 0.3) is 0 Å². The smallest absolute Gasteiger partial charge is 0.410 e. The van der Waals surface area contributed by atoms with E-state index in [4.69, 9.17) is 23.7 Å². The molecule has 16 heteroatoms. The Morgan fingerprint density at radius 2 is 1.73 bits per heavy atom. The highest BCUT2D eigenvalue weighted by Crippen LogP contribution is 2.43. The summed E-state index contributed by atoms with van der Waals surface area (Å²) in [6, 6.07) is 2.59. The van der Waals surface area contributed by atoms with Gasteiger partial charge in [0.05, 0.1) is 35.9 Å². The van der Waals surface area contributed by atoms with E-state index in [2.05, 4.69) is 9.97 Å². The predicted molar refractivity (Wildman–Crippen MR) is 216 cm³/mol. The molecule has 59 heavy (non-hydrogen) atoms. The van der Waals surface area contributed by atoms with Crippen LogP contribution in [0.4, 0.5) is 4.79 Å². The van der Waals surface area contributed by atoms with E-state index in [1.807, 2.05) is 48.8 Å². The van der Waals surface area contributed by atoms with Crippen LogP contribution in [-0.4, -0.2) is 147 Å². The van der Waals surface area contributed by atoms with E-state index in [1.165, 1.54) is 18.9 Å². The SMILES string of the molecule is CO[C@]1(C)C[C@@H](C)C(=O)[C@H](C)[C@H]2N(CCCCn3cnc(-c4cccnc4)c3)C(=O)O[C@]2(C)[C@@H](CCO)OC(=O)[C@H](C)C(=O)[C@H](C)[C@H]1O[C@@H]1O[C@H](C)C[C@H](N(C)C)[C@H]1O. The monoisotopic (exact) mass is 827 g/mol. The Labute approximate surface area is 347 Å². The van der Waals surface area contributed by atoms with Crippen molar-refractivity contribution in [2.24, 2.45) is 23.7 Å². The predicted octanol–water partition coefficient (Wildman–Crippen LogP) is 3.90. The molecule has 0 unspecified atom stereocenters. The average Bonchev–Trinajstić information content (AvgIpc) is 3.79. The highest BCUT2D eigenvalue weighted by molar-refractivity contribution is 6.00. The molecule has 2 N–H and O–H groups in total. The number of aromatic nitrogens is 3. The third-order valence-electron chi connectivity index (χ3n) is 12.8. The lowest BCUT2D eigenvalue weighted by Crippen LogP contribution is -2.60. The Hall–Kier alpha value is -3.80. The van der Waals surface area contributed by atoms with Gasteiger partial charge in [0.15, 0.2) is 17.7 Å². The fourth-order valence-corrected chi connectivity index (χ4v) is 9.41. The molecule has 3 aliphatic rings. The number of carbonyl (C=O) groups excluding carboxylic acids is 4. The van der Waals surface area contributed by atoms with Gasteiger partial charge in [-0.3, -0.25) is 19.4 Å². The fraction of sp³-hybridized carbons (Fsp3) is 0.721. The molecule has 5 rings (SSSR count). The van der Waals surface area contributed by atoms with Gasteiger partial charge in [-0.2, -0.15) is 0 Å². The average molecular weight is 828 g/mol. The summed E-state index contributed by atoms with van der Waals surface area (Å²) in [6.45, 7) is 12.3. The highest BCUT2D eigenvalue weighted by Gasteiger charge is 2.60. The molecule has 0 aliphatic carbocycles. The molecule has 3 saturated heterocycles. The zero-order valence-electron chi connectivity index (χ0n) is 36.3. The van der Waals surface area contributed by atoms with Gasteiger partial charge < -0.3 is 48.3 Å². The molecule has 0 saturated carbocycles. The van der Waals surface area contributed by atoms with Gasteiger partial charge >= 0.3 is 12.1 Å². The third kappa shape index (κ3) is 9.89. The summed E-state index contributed by atoms with van der Waals surface area (Å²) in [7, 11) is 5.19. The van der Waals surface area contributed by atoms with Gasteiger partial charge in [0, 0.05) is 81.2 Å². The van der Waals surface area contributed by atoms with E-state index in [0.717, 1.165) is 11.3 Å². The van der Waals surface area contributed by atoms with Crippen LogP contribution in [0.2, 0.25) is 0 Å². The van der Waals surface area contributed by atoms with Crippen molar-refractivity contribution >= 4 is 23.6 Å². The third-order valence-corrected chi connectivity index (χ3v) is 12.8. The van der Waals surface area contributed by atoms with Crippen LogP contribution in [0, 0.1) is 23.7 Å². The van der Waals surface area contributed by atoms with Crippen LogP contribution in [0.1, 0.15) is 80.6 Å². The number of hydrogen-bond donors (Lipinski definition) is 2. The molecule has 3 aliphatic heterocycles. The van der Waals surface area contributed by atoms with Gasteiger partial charge in [-0.15, -0.1) is 0 Å². The second-order valence-electron chi connectivity index (χ2n) is 17.4. The summed E-state index contributed by atoms with van der Waals surface area (Å²) in [5.41, 5.74) is -1.17. The summed E-state index contributed by atoms with van der Waals surface area (Å²) < 4.78 is 33.0. The number of esters is 1. The van der Waals surface area contributed by atoms with Crippen LogP contribution < -0.4 is 0 Å². The van der Waals surface area contributed by atoms with Crippen LogP contribution in [0.5, 0.6) is 0 Å². The van der Waals surface area contributed by atoms with Gasteiger partial charge in [-0.1, -0.05) is 20.8 Å². The fourth-order valence-electron chi connectivity index (χ4n) is 9.41. The maximum atomic E-state index is 14.7. The van der Waals surface area contributed by atoms with Gasteiger partial charge in [-0.05, 0) is 79.6 Å². The molecule has 16 nitrogen and oxygen atoms in total. The van der Waals surface area contributed by atoms with Crippen LogP contribution >= 0.6 is 0 Å². The first kappa shape index (κ1) is 46.3. The summed E-state index contributed by atoms with van der Waals surface area (Å²) in [6.07, 6.45) is 3.45. The minimum Gasteiger partial charge on any atom is -0.457 e. The molecular formula is C43H65N5O11. The van der Waals surface area contributed by atoms with E-state index in [1.54, 1.807) is 53.3 Å². The Morgan fingerprint density at radius 1 is 1.02 bits per heavy atom. The summed E-state index contributed by atoms with van der Waals surface area (Å²) in [4.78, 5) is 69.0. The van der Waals surface area contributed by atoms with Gasteiger partial charge in [0.2, 0.25) is 0 Å². The van der Waals surface area contributed by atoms with Crippen LogP contribution in [0.15, 0.2) is 37.1 Å². The Kier molecular flexibility index (Phi) is 15.1. The van der Waals surface area contributed by atoms with Crippen molar-refractivity contribution in [1.29, 1.82) is 0 Å². The standard InChI is InChI=1S/C43H65N5O11/c1-25-21-42(6,55-10)38(58-40-36(52)32(46(8)9)20-26(2)56-40)28(4)35(51)29(5)39(53)57-33(15-19-49)43(7)37(27(3)34(25)50)48(41(54)59-43)18-12-11-17-47-23-31(45-24-47)30-14-13-16-44-22-30/h13-14,16,22-29,32-33,36-38,40,49,52H,11-12,15,17-21H2,1-10H3/t25-,26-,27+,28+,29-,32+,33-,36-,37-,38-,40+,42-,43-/m1/s1. The number of hydrogen-bond acceptors (Lipinski definition) is 14. The number of nitrogens with zero attached hydrogens (tertiary/aromatic N) is 5. The maximum absolute atomic E-state index is 14.7. The molecule has 13 atom stereocenters. The van der Waals surface area contributed by atoms with Crippen molar-refractivity contribution in [1.82, 2.24) is 24.3 Å². The number of amides is 1. The van der Waals surface area contributed by atoms with Crippen molar-refractivity contribution in [2.45, 2.75) is 141 Å². The summed E-state index contributed by atoms with van der Waals surface area (Å²) in [5, 5.41) is 21.7. The van der Waals surface area contributed by atoms with Crippen molar-refractivity contribution < 1.29 is 53.1 Å². The number of ether oxygens (including phenoxy) is 5. The minimum atomic E-state index is -1.56. The zero-order chi connectivity index (χ0) is 43.4. The molecule has 5 heterocycles. The van der Waals surface area contributed by atoms with E-state index in [9.17, 15) is 29.4 Å². The first-order chi connectivity index (χ1) is 27.9. The number of rotatable bonds is 12. The Bertz CT molecular complexity index is 1760. The number of aryl methyl sites for hydroxylation is 1. The number of carbonyl (C=O) groups is 4. The molecule has 328 valence electrons. The van der Waals surface area contributed by atoms with Crippen molar-refractivity contribution in [3.63, 3.8) is 0 Å². The normalized spacial score (nSPS) is 36.3.